The maximum absolute atomic E-state index is 3.83. The first-order valence-electron chi connectivity index (χ1n) is 7.38. The van der Waals surface area contributed by atoms with Gasteiger partial charge in [0.15, 0.2) is 0 Å². The number of hydrogen-bond acceptors (Lipinski definition) is 0. The average Bonchev–Trinajstić information content (AvgIpc) is 2.57. The van der Waals surface area contributed by atoms with Gasteiger partial charge in [-0.2, -0.15) is 24.3 Å². The number of fused-ring (bicyclic) bond motifs is 3. The number of allylic oxidation sites excluding steroid dienone is 1. The van der Waals surface area contributed by atoms with Crippen molar-refractivity contribution in [3.05, 3.63) is 71.6 Å². The fourth-order valence-corrected chi connectivity index (χ4v) is 2.63. The van der Waals surface area contributed by atoms with Gasteiger partial charge in [0.2, 0.25) is 0 Å². The van der Waals surface area contributed by atoms with E-state index in [1.165, 1.54) is 21.2 Å². The molecule has 0 heterocycles. The van der Waals surface area contributed by atoms with Crippen LogP contribution in [-0.4, -0.2) is 0 Å². The van der Waals surface area contributed by atoms with Crippen molar-refractivity contribution < 1.29 is 32.7 Å². The van der Waals surface area contributed by atoms with Gasteiger partial charge in [-0.25, -0.2) is 10.8 Å². The zero-order chi connectivity index (χ0) is 15.2. The van der Waals surface area contributed by atoms with Crippen molar-refractivity contribution >= 4 is 33.7 Å². The summed E-state index contributed by atoms with van der Waals surface area (Å²) in [6.45, 7) is 9.90. The Kier molecular flexibility index (Phi) is 7.72. The molecule has 3 aromatic carbocycles. The number of rotatable bonds is 1. The molecule has 0 aliphatic rings. The van der Waals surface area contributed by atoms with E-state index < -0.39 is 0 Å². The normalized spacial score (nSPS) is 11.8. The molecular weight excluding hydrogens is 341 g/mol. The van der Waals surface area contributed by atoms with Crippen molar-refractivity contribution in [1.82, 2.24) is 0 Å². The van der Waals surface area contributed by atoms with Crippen LogP contribution in [0.2, 0.25) is 0 Å². The van der Waals surface area contributed by atoms with E-state index in [0.29, 0.717) is 0 Å². The molecule has 0 spiro atoms. The van der Waals surface area contributed by atoms with Crippen molar-refractivity contribution in [2.45, 2.75) is 20.8 Å². The van der Waals surface area contributed by atoms with Gasteiger partial charge in [-0.05, 0) is 6.92 Å². The average molecular weight is 361 g/mol. The second kappa shape index (κ2) is 9.03. The van der Waals surface area contributed by atoms with Gasteiger partial charge in [-0.3, -0.25) is 0 Å². The summed E-state index contributed by atoms with van der Waals surface area (Å²) in [6.07, 6.45) is 6.06. The molecule has 22 heavy (non-hydrogen) atoms. The van der Waals surface area contributed by atoms with E-state index in [4.69, 9.17) is 0 Å². The van der Waals surface area contributed by atoms with E-state index in [9.17, 15) is 0 Å². The van der Waals surface area contributed by atoms with E-state index in [1.807, 2.05) is 44.2 Å². The van der Waals surface area contributed by atoms with Crippen molar-refractivity contribution in [1.29, 1.82) is 0 Å². The molecule has 109 valence electrons. The minimum Gasteiger partial charge on any atom is -0.218 e. The molecule has 3 aromatic rings. The quantitative estimate of drug-likeness (QED) is 0.446. The van der Waals surface area contributed by atoms with E-state index in [2.05, 4.69) is 49.9 Å². The third kappa shape index (κ3) is 3.39. The van der Waals surface area contributed by atoms with Crippen LogP contribution in [0.3, 0.4) is 0 Å². The summed E-state index contributed by atoms with van der Waals surface area (Å²) >= 11 is 0. The van der Waals surface area contributed by atoms with Gasteiger partial charge in [0.25, 0.3) is 0 Å². The van der Waals surface area contributed by atoms with Gasteiger partial charge < -0.3 is 0 Å². The molecule has 0 fully saturated rings. The zero-order valence-corrected chi connectivity index (χ0v) is 16.3. The van der Waals surface area contributed by atoms with Gasteiger partial charge in [0.1, 0.15) is 0 Å². The SMILES string of the molecule is C=C/C=c1\c(=C/C)c2ccc[c-]c2c2[c-]cccc12.CC.[Y]. The van der Waals surface area contributed by atoms with Crippen LogP contribution < -0.4 is 10.4 Å². The largest absolute Gasteiger partial charge is 0.218 e. The summed E-state index contributed by atoms with van der Waals surface area (Å²) in [7, 11) is 0. The van der Waals surface area contributed by atoms with E-state index in [-0.39, 0.29) is 32.7 Å². The fraction of sp³-hybridized carbons (Fsp3) is 0.143. The Morgan fingerprint density at radius 1 is 0.909 bits per heavy atom. The van der Waals surface area contributed by atoms with E-state index in [0.717, 1.165) is 10.8 Å². The van der Waals surface area contributed by atoms with Crippen LogP contribution in [0.15, 0.2) is 49.1 Å². The van der Waals surface area contributed by atoms with E-state index in [1.54, 1.807) is 0 Å². The molecular formula is C21H20Y-2. The molecule has 0 aromatic heterocycles. The Labute approximate surface area is 158 Å². The summed E-state index contributed by atoms with van der Waals surface area (Å²) in [5.41, 5.74) is 0. The second-order valence-corrected chi connectivity index (χ2v) is 4.44. The van der Waals surface area contributed by atoms with Gasteiger partial charge in [0, 0.05) is 32.7 Å². The molecule has 0 bridgehead atoms. The third-order valence-corrected chi connectivity index (χ3v) is 3.41. The van der Waals surface area contributed by atoms with Gasteiger partial charge in [-0.1, -0.05) is 49.1 Å². The third-order valence-electron chi connectivity index (χ3n) is 3.41. The van der Waals surface area contributed by atoms with Crippen LogP contribution in [0.1, 0.15) is 20.8 Å². The fourth-order valence-electron chi connectivity index (χ4n) is 2.63. The molecule has 0 amide bonds. The monoisotopic (exact) mass is 361 g/mol. The molecule has 0 saturated heterocycles. The van der Waals surface area contributed by atoms with Crippen LogP contribution in [0, 0.1) is 12.1 Å². The minimum atomic E-state index is 0. The summed E-state index contributed by atoms with van der Waals surface area (Å²) in [5, 5.41) is 7.11. The van der Waals surface area contributed by atoms with Crippen LogP contribution >= 0.6 is 0 Å². The summed E-state index contributed by atoms with van der Waals surface area (Å²) in [5.74, 6) is 0. The van der Waals surface area contributed by atoms with Crippen LogP contribution in [0.5, 0.6) is 0 Å². The van der Waals surface area contributed by atoms with Gasteiger partial charge >= 0.3 is 0 Å². The van der Waals surface area contributed by atoms with Gasteiger partial charge in [0.05, 0.1) is 0 Å². The second-order valence-electron chi connectivity index (χ2n) is 4.44. The summed E-state index contributed by atoms with van der Waals surface area (Å²) < 4.78 is 0. The first kappa shape index (κ1) is 18.8. The Bertz CT molecular complexity index is 889. The number of hydrogen-bond donors (Lipinski definition) is 0. The molecule has 0 aliphatic heterocycles. The first-order chi connectivity index (χ1) is 10.4. The van der Waals surface area contributed by atoms with Crippen molar-refractivity contribution in [2.75, 3.05) is 0 Å². The molecule has 0 nitrogen and oxygen atoms in total. The maximum Gasteiger partial charge on any atom is 0 e. The summed E-state index contributed by atoms with van der Waals surface area (Å²) in [6, 6.07) is 18.9. The van der Waals surface area contributed by atoms with Crippen LogP contribution in [-0.2, 0) is 32.7 Å². The van der Waals surface area contributed by atoms with Crippen molar-refractivity contribution in [2.24, 2.45) is 0 Å². The molecule has 0 unspecified atom stereocenters. The molecule has 3 rings (SSSR count). The molecule has 1 heteroatoms. The molecule has 1 radical (unpaired) electrons. The Hall–Kier alpha value is -1.24. The summed E-state index contributed by atoms with van der Waals surface area (Å²) in [4.78, 5) is 0. The number of benzene rings is 3. The van der Waals surface area contributed by atoms with Crippen LogP contribution in [0.25, 0.3) is 33.7 Å². The predicted octanol–water partition coefficient (Wildman–Crippen LogP) is 4.38. The predicted molar refractivity (Wildman–Crippen MR) is 94.5 cm³/mol. The van der Waals surface area contributed by atoms with Crippen LogP contribution in [0.4, 0.5) is 0 Å². The maximum atomic E-state index is 3.83. The zero-order valence-electron chi connectivity index (χ0n) is 13.5. The first-order valence-corrected chi connectivity index (χ1v) is 7.38. The molecule has 0 aliphatic carbocycles. The van der Waals surface area contributed by atoms with Crippen molar-refractivity contribution in [3.8, 4) is 0 Å². The Balaban J connectivity index is 0.000000775. The molecule has 0 saturated carbocycles. The smallest absolute Gasteiger partial charge is 0 e. The minimum absolute atomic E-state index is 0. The standard InChI is InChI=1S/C19H14.C2H6.Y/c1-3-9-15-14(4-2)16-10-5-6-12-18(16)19-13-8-7-11-17(15)19;1-2;/h3-11H,1H2,2H3;1-2H3;/q-2;;/b14-4+,15-9+;;. The molecule has 0 N–H and O–H groups in total. The Morgan fingerprint density at radius 3 is 1.86 bits per heavy atom. The topological polar surface area (TPSA) is 0 Å². The van der Waals surface area contributed by atoms with Gasteiger partial charge in [-0.15, -0.1) is 35.0 Å². The van der Waals surface area contributed by atoms with E-state index >= 15 is 0 Å². The molecule has 0 atom stereocenters. The van der Waals surface area contributed by atoms with Crippen molar-refractivity contribution in [3.63, 3.8) is 0 Å². The Morgan fingerprint density at radius 2 is 1.41 bits per heavy atom.